The molecule has 5 nitrogen and oxygen atoms in total. The second-order valence-corrected chi connectivity index (χ2v) is 9.22. The van der Waals surface area contributed by atoms with Crippen molar-refractivity contribution in [1.29, 1.82) is 0 Å². The molecule has 0 aromatic heterocycles. The normalized spacial score (nSPS) is 23.6. The van der Waals surface area contributed by atoms with Crippen molar-refractivity contribution in [2.24, 2.45) is 10.9 Å². The Labute approximate surface area is 209 Å². The number of halogens is 3. The molecule has 2 aliphatic heterocycles. The molecule has 0 saturated carbocycles. The van der Waals surface area contributed by atoms with E-state index in [9.17, 15) is 18.0 Å². The van der Waals surface area contributed by atoms with Gasteiger partial charge in [0.25, 0.3) is 0 Å². The van der Waals surface area contributed by atoms with Crippen molar-refractivity contribution in [3.8, 4) is 0 Å². The Hall–Kier alpha value is -3.23. The standard InChI is InChI=1S/C28H30F3N3O2/c1-18-7-8-23(33-27(35)25-14-22(28(29,30)31)17-32-16-20(25)3)15-24(18)21-6-4-5-19(2)26(13-21)34-9-11-36-12-10-34/h4,6-8,13-15,17,25-26H,2-3,5,9-12,16H2,1H3,(H,33,35). The van der Waals surface area contributed by atoms with E-state index in [1.807, 2.05) is 19.1 Å². The van der Waals surface area contributed by atoms with Gasteiger partial charge < -0.3 is 10.1 Å². The number of ether oxygens (including phenoxy) is 1. The molecule has 2 unspecified atom stereocenters. The Bertz CT molecular complexity index is 1170. The number of allylic oxidation sites excluding steroid dienone is 4. The predicted octanol–water partition coefficient (Wildman–Crippen LogP) is 5.28. The lowest BCUT2D eigenvalue weighted by Gasteiger charge is -2.34. The third-order valence-corrected chi connectivity index (χ3v) is 6.61. The zero-order chi connectivity index (χ0) is 25.9. The number of nitrogens with zero attached hydrogens (tertiary/aromatic N) is 2. The quantitative estimate of drug-likeness (QED) is 0.576. The van der Waals surface area contributed by atoms with Crippen LogP contribution in [0.1, 0.15) is 17.5 Å². The summed E-state index contributed by atoms with van der Waals surface area (Å²) in [4.78, 5) is 19.1. The van der Waals surface area contributed by atoms with Crippen LogP contribution in [0.25, 0.3) is 5.57 Å². The number of nitrogens with one attached hydrogen (secondary N) is 1. The summed E-state index contributed by atoms with van der Waals surface area (Å²) in [5, 5.41) is 2.78. The minimum Gasteiger partial charge on any atom is -0.379 e. The van der Waals surface area contributed by atoms with Crippen LogP contribution in [0.3, 0.4) is 0 Å². The number of rotatable bonds is 4. The minimum atomic E-state index is -4.59. The summed E-state index contributed by atoms with van der Waals surface area (Å²) in [6.45, 7) is 13.0. The average Bonchev–Trinajstić information content (AvgIpc) is 3.16. The number of hydrogen-bond acceptors (Lipinski definition) is 4. The molecule has 0 radical (unpaired) electrons. The number of hydrogen-bond donors (Lipinski definition) is 1. The maximum Gasteiger partial charge on any atom is 0.417 e. The molecule has 0 spiro atoms. The molecule has 1 saturated heterocycles. The molecule has 0 bridgehead atoms. The molecule has 1 aromatic carbocycles. The zero-order valence-corrected chi connectivity index (χ0v) is 20.3. The molecule has 3 aliphatic rings. The SMILES string of the molecule is C=C1CN=CC(C(F)(F)F)=CC1C(=O)Nc1ccc(C)c(C2=CC(N3CCOCC3)C(=C)CC=C2)c1. The third-order valence-electron chi connectivity index (χ3n) is 6.61. The van der Waals surface area contributed by atoms with Crippen molar-refractivity contribution in [2.75, 3.05) is 38.2 Å². The number of alkyl halides is 3. The lowest BCUT2D eigenvalue weighted by molar-refractivity contribution is -0.117. The topological polar surface area (TPSA) is 53.9 Å². The maximum atomic E-state index is 13.3. The summed E-state index contributed by atoms with van der Waals surface area (Å²) in [5.74, 6) is -1.72. The zero-order valence-electron chi connectivity index (χ0n) is 20.3. The van der Waals surface area contributed by atoms with Gasteiger partial charge in [-0.3, -0.25) is 14.7 Å². The van der Waals surface area contributed by atoms with E-state index in [1.54, 1.807) is 6.07 Å². The first-order valence-electron chi connectivity index (χ1n) is 11.9. The molecular weight excluding hydrogens is 467 g/mol. The van der Waals surface area contributed by atoms with E-state index in [-0.39, 0.29) is 12.6 Å². The second kappa shape index (κ2) is 10.8. The summed E-state index contributed by atoms with van der Waals surface area (Å²) in [7, 11) is 0. The molecular formula is C28H30F3N3O2. The number of aliphatic imine (C=N–C) groups is 1. The highest BCUT2D eigenvalue weighted by molar-refractivity contribution is 5.97. The van der Waals surface area contributed by atoms with Crippen LogP contribution in [0, 0.1) is 12.8 Å². The van der Waals surface area contributed by atoms with Crippen LogP contribution >= 0.6 is 0 Å². The van der Waals surface area contributed by atoms with Crippen LogP contribution in [0.2, 0.25) is 0 Å². The van der Waals surface area contributed by atoms with E-state index in [4.69, 9.17) is 4.74 Å². The number of morpholine rings is 1. The lowest BCUT2D eigenvalue weighted by atomic mass is 9.95. The Balaban J connectivity index is 1.60. The number of carbonyl (C=O) groups excluding carboxylic acids is 1. The number of carbonyl (C=O) groups is 1. The molecule has 190 valence electrons. The number of benzene rings is 1. The van der Waals surface area contributed by atoms with Gasteiger partial charge in [0.15, 0.2) is 0 Å². The first-order chi connectivity index (χ1) is 17.1. The van der Waals surface area contributed by atoms with Gasteiger partial charge in [-0.2, -0.15) is 13.2 Å². The van der Waals surface area contributed by atoms with E-state index in [0.29, 0.717) is 24.5 Å². The third kappa shape index (κ3) is 5.94. The van der Waals surface area contributed by atoms with Crippen LogP contribution in [-0.2, 0) is 9.53 Å². The fourth-order valence-electron chi connectivity index (χ4n) is 4.56. The van der Waals surface area contributed by atoms with E-state index in [2.05, 4.69) is 46.6 Å². The Kier molecular flexibility index (Phi) is 7.76. The molecule has 8 heteroatoms. The van der Waals surface area contributed by atoms with E-state index in [1.165, 1.54) is 0 Å². The molecule has 1 fully saturated rings. The highest BCUT2D eigenvalue weighted by Crippen LogP contribution is 2.32. The van der Waals surface area contributed by atoms with Gasteiger partial charge in [0.05, 0.1) is 37.3 Å². The molecule has 2 atom stereocenters. The summed E-state index contributed by atoms with van der Waals surface area (Å²) in [6.07, 6.45) is 4.14. The molecule has 1 N–H and O–H groups in total. The van der Waals surface area contributed by atoms with Gasteiger partial charge in [0, 0.05) is 25.0 Å². The van der Waals surface area contributed by atoms with Crippen LogP contribution < -0.4 is 5.32 Å². The van der Waals surface area contributed by atoms with Gasteiger partial charge >= 0.3 is 6.18 Å². The van der Waals surface area contributed by atoms with Crippen LogP contribution in [-0.4, -0.2) is 62.1 Å². The van der Waals surface area contributed by atoms with Crippen molar-refractivity contribution in [1.82, 2.24) is 4.90 Å². The predicted molar refractivity (Wildman–Crippen MR) is 137 cm³/mol. The lowest BCUT2D eigenvalue weighted by Crippen LogP contribution is -2.43. The van der Waals surface area contributed by atoms with E-state index < -0.39 is 23.6 Å². The van der Waals surface area contributed by atoms with Crippen LogP contribution in [0.4, 0.5) is 18.9 Å². The van der Waals surface area contributed by atoms with Gasteiger partial charge in [-0.1, -0.05) is 49.1 Å². The van der Waals surface area contributed by atoms with Crippen molar-refractivity contribution >= 4 is 23.4 Å². The summed E-state index contributed by atoms with van der Waals surface area (Å²) < 4.78 is 45.4. The fraction of sp³-hybridized carbons (Fsp3) is 0.357. The summed E-state index contributed by atoms with van der Waals surface area (Å²) >= 11 is 0. The number of aryl methyl sites for hydroxylation is 1. The van der Waals surface area contributed by atoms with Gasteiger partial charge in [0.2, 0.25) is 5.91 Å². The second-order valence-electron chi connectivity index (χ2n) is 9.22. The first kappa shape index (κ1) is 25.9. The number of amides is 1. The Morgan fingerprint density at radius 2 is 1.92 bits per heavy atom. The van der Waals surface area contributed by atoms with E-state index in [0.717, 1.165) is 54.1 Å². The minimum absolute atomic E-state index is 0.0438. The van der Waals surface area contributed by atoms with Crippen molar-refractivity contribution < 1.29 is 22.7 Å². The highest BCUT2D eigenvalue weighted by Gasteiger charge is 2.35. The highest BCUT2D eigenvalue weighted by atomic mass is 19.4. The van der Waals surface area contributed by atoms with Crippen molar-refractivity contribution in [3.63, 3.8) is 0 Å². The largest absolute Gasteiger partial charge is 0.417 e. The average molecular weight is 498 g/mol. The maximum absolute atomic E-state index is 13.3. The molecule has 1 aliphatic carbocycles. The van der Waals surface area contributed by atoms with Gasteiger partial charge in [-0.25, -0.2) is 0 Å². The van der Waals surface area contributed by atoms with Gasteiger partial charge in [-0.15, -0.1) is 0 Å². The first-order valence-corrected chi connectivity index (χ1v) is 11.9. The van der Waals surface area contributed by atoms with Crippen LogP contribution in [0.5, 0.6) is 0 Å². The molecule has 36 heavy (non-hydrogen) atoms. The molecule has 1 amide bonds. The van der Waals surface area contributed by atoms with Crippen molar-refractivity contribution in [2.45, 2.75) is 25.6 Å². The number of anilines is 1. The van der Waals surface area contributed by atoms with Gasteiger partial charge in [-0.05, 0) is 47.8 Å². The van der Waals surface area contributed by atoms with Crippen LogP contribution in [0.15, 0.2) is 77.4 Å². The molecule has 2 heterocycles. The summed E-state index contributed by atoms with van der Waals surface area (Å²) in [6, 6.07) is 5.57. The van der Waals surface area contributed by atoms with Gasteiger partial charge in [0.1, 0.15) is 0 Å². The smallest absolute Gasteiger partial charge is 0.379 e. The van der Waals surface area contributed by atoms with E-state index >= 15 is 0 Å². The summed E-state index contributed by atoms with van der Waals surface area (Å²) in [5.41, 5.74) is 3.92. The Morgan fingerprint density at radius 1 is 1.17 bits per heavy atom. The Morgan fingerprint density at radius 3 is 2.64 bits per heavy atom. The van der Waals surface area contributed by atoms with Crippen molar-refractivity contribution in [3.05, 3.63) is 83.5 Å². The monoisotopic (exact) mass is 497 g/mol. The fourth-order valence-corrected chi connectivity index (χ4v) is 4.56. The molecule has 4 rings (SSSR count). The molecule has 1 aromatic rings.